The van der Waals surface area contributed by atoms with Crippen molar-refractivity contribution in [2.24, 2.45) is 5.92 Å². The number of rotatable bonds is 7. The molecule has 10 nitrogen and oxygen atoms in total. The zero-order valence-electron chi connectivity index (χ0n) is 17.5. The standard InChI is InChI=1S/C21H26N8O2/c1-16-22-9-13-28(16)19-14-18(24-15-25-19)27-11-5-17(6-12-27)21(31)23-7-3-10-29-20(30)4-2-8-26-29/h2,4,8-9,13-15,17H,3,5-7,10-12H2,1H3,(H,23,31). The second-order valence-electron chi connectivity index (χ2n) is 7.57. The fraction of sp³-hybridized carbons (Fsp3) is 0.429. The highest BCUT2D eigenvalue weighted by Crippen LogP contribution is 2.23. The number of aromatic nitrogens is 6. The Hall–Kier alpha value is -3.56. The summed E-state index contributed by atoms with van der Waals surface area (Å²) in [5, 5.41) is 7.01. The van der Waals surface area contributed by atoms with Crippen LogP contribution in [0.4, 0.5) is 5.82 Å². The first-order valence-corrected chi connectivity index (χ1v) is 10.5. The molecule has 10 heteroatoms. The molecule has 1 fully saturated rings. The first kappa shape index (κ1) is 20.7. The fourth-order valence-electron chi connectivity index (χ4n) is 3.77. The maximum Gasteiger partial charge on any atom is 0.266 e. The highest BCUT2D eigenvalue weighted by atomic mass is 16.2. The van der Waals surface area contributed by atoms with E-state index in [1.54, 1.807) is 24.8 Å². The average molecular weight is 422 g/mol. The largest absolute Gasteiger partial charge is 0.356 e. The summed E-state index contributed by atoms with van der Waals surface area (Å²) in [7, 11) is 0. The summed E-state index contributed by atoms with van der Waals surface area (Å²) in [5.41, 5.74) is -0.128. The van der Waals surface area contributed by atoms with Crippen molar-refractivity contribution in [2.75, 3.05) is 24.5 Å². The third-order valence-corrected chi connectivity index (χ3v) is 5.53. The minimum absolute atomic E-state index is 0.00831. The Morgan fingerprint density at radius 3 is 2.71 bits per heavy atom. The van der Waals surface area contributed by atoms with Gasteiger partial charge in [0.25, 0.3) is 5.56 Å². The molecule has 162 valence electrons. The summed E-state index contributed by atoms with van der Waals surface area (Å²) in [4.78, 5) is 39.3. The van der Waals surface area contributed by atoms with Crippen LogP contribution in [-0.2, 0) is 11.3 Å². The first-order valence-electron chi connectivity index (χ1n) is 10.5. The zero-order valence-corrected chi connectivity index (χ0v) is 17.5. The quantitative estimate of drug-likeness (QED) is 0.564. The summed E-state index contributed by atoms with van der Waals surface area (Å²) in [5.74, 6) is 2.58. The molecule has 4 rings (SSSR count). The number of nitrogens with one attached hydrogen (secondary N) is 1. The number of carbonyl (C=O) groups excluding carboxylic acids is 1. The number of imidazole rings is 1. The van der Waals surface area contributed by atoms with Crippen LogP contribution >= 0.6 is 0 Å². The van der Waals surface area contributed by atoms with Gasteiger partial charge in [0.2, 0.25) is 5.91 Å². The van der Waals surface area contributed by atoms with Crippen LogP contribution in [0.1, 0.15) is 25.1 Å². The number of anilines is 1. The number of hydrogen-bond acceptors (Lipinski definition) is 7. The minimum Gasteiger partial charge on any atom is -0.356 e. The van der Waals surface area contributed by atoms with E-state index in [9.17, 15) is 9.59 Å². The molecule has 3 aromatic rings. The van der Waals surface area contributed by atoms with Gasteiger partial charge in [-0.3, -0.25) is 14.2 Å². The van der Waals surface area contributed by atoms with Gasteiger partial charge in [-0.05, 0) is 32.3 Å². The number of nitrogens with zero attached hydrogens (tertiary/aromatic N) is 7. The Labute approximate surface area is 180 Å². The molecule has 0 aromatic carbocycles. The van der Waals surface area contributed by atoms with Crippen molar-refractivity contribution < 1.29 is 4.79 Å². The van der Waals surface area contributed by atoms with Crippen molar-refractivity contribution in [1.29, 1.82) is 0 Å². The van der Waals surface area contributed by atoms with Crippen molar-refractivity contribution in [3.05, 3.63) is 59.3 Å². The van der Waals surface area contributed by atoms with E-state index < -0.39 is 0 Å². The van der Waals surface area contributed by atoms with Crippen LogP contribution in [0, 0.1) is 12.8 Å². The van der Waals surface area contributed by atoms with Gasteiger partial charge in [-0.15, -0.1) is 0 Å². The van der Waals surface area contributed by atoms with E-state index in [1.807, 2.05) is 23.8 Å². The Balaban J connectivity index is 1.25. The lowest BCUT2D eigenvalue weighted by Crippen LogP contribution is -2.41. The Morgan fingerprint density at radius 1 is 1.16 bits per heavy atom. The highest BCUT2D eigenvalue weighted by Gasteiger charge is 2.25. The monoisotopic (exact) mass is 422 g/mol. The Kier molecular flexibility index (Phi) is 6.34. The molecule has 0 aliphatic carbocycles. The van der Waals surface area contributed by atoms with Gasteiger partial charge in [0.15, 0.2) is 0 Å². The summed E-state index contributed by atoms with van der Waals surface area (Å²) in [6, 6.07) is 5.05. The summed E-state index contributed by atoms with van der Waals surface area (Å²) in [6.45, 7) is 4.48. The summed E-state index contributed by atoms with van der Waals surface area (Å²) < 4.78 is 3.33. The van der Waals surface area contributed by atoms with Gasteiger partial charge in [-0.25, -0.2) is 19.6 Å². The molecule has 0 bridgehead atoms. The molecule has 1 aliphatic heterocycles. The molecule has 1 amide bonds. The number of piperidine rings is 1. The van der Waals surface area contributed by atoms with E-state index in [4.69, 9.17) is 0 Å². The van der Waals surface area contributed by atoms with Crippen molar-refractivity contribution in [3.63, 3.8) is 0 Å². The van der Waals surface area contributed by atoms with Crippen LogP contribution in [0.3, 0.4) is 0 Å². The lowest BCUT2D eigenvalue weighted by atomic mass is 9.96. The Bertz CT molecular complexity index is 1080. The SMILES string of the molecule is Cc1nccn1-c1cc(N2CCC(C(=O)NCCCn3ncccc3=O)CC2)ncn1. The average Bonchev–Trinajstić information content (AvgIpc) is 3.24. The molecule has 0 atom stereocenters. The predicted octanol–water partition coefficient (Wildman–Crippen LogP) is 0.950. The van der Waals surface area contributed by atoms with Gasteiger partial charge < -0.3 is 10.2 Å². The minimum atomic E-state index is -0.128. The number of carbonyl (C=O) groups is 1. The maximum atomic E-state index is 12.5. The number of amides is 1. The normalized spacial score (nSPS) is 14.5. The second kappa shape index (κ2) is 9.50. The second-order valence-corrected chi connectivity index (χ2v) is 7.57. The summed E-state index contributed by atoms with van der Waals surface area (Å²) >= 11 is 0. The molecule has 1 N–H and O–H groups in total. The van der Waals surface area contributed by atoms with Gasteiger partial charge in [0.1, 0.15) is 23.8 Å². The molecule has 0 spiro atoms. The third-order valence-electron chi connectivity index (χ3n) is 5.53. The first-order chi connectivity index (χ1) is 15.1. The van der Waals surface area contributed by atoms with E-state index in [0.29, 0.717) is 19.5 Å². The molecule has 31 heavy (non-hydrogen) atoms. The van der Waals surface area contributed by atoms with Crippen LogP contribution in [0.15, 0.2) is 47.9 Å². The van der Waals surface area contributed by atoms with E-state index in [0.717, 1.165) is 43.4 Å². The Morgan fingerprint density at radius 2 is 1.97 bits per heavy atom. The molecular weight excluding hydrogens is 396 g/mol. The van der Waals surface area contributed by atoms with Gasteiger partial charge in [0, 0.05) is 62.8 Å². The third kappa shape index (κ3) is 4.96. The molecule has 0 radical (unpaired) electrons. The van der Waals surface area contributed by atoms with Gasteiger partial charge in [0.05, 0.1) is 0 Å². The van der Waals surface area contributed by atoms with Crippen molar-refractivity contribution in [2.45, 2.75) is 32.7 Å². The highest BCUT2D eigenvalue weighted by molar-refractivity contribution is 5.78. The van der Waals surface area contributed by atoms with Gasteiger partial charge in [-0.2, -0.15) is 5.10 Å². The lowest BCUT2D eigenvalue weighted by molar-refractivity contribution is -0.125. The maximum absolute atomic E-state index is 12.5. The fourth-order valence-corrected chi connectivity index (χ4v) is 3.77. The topological polar surface area (TPSA) is 111 Å². The molecule has 0 unspecified atom stereocenters. The number of aryl methyl sites for hydroxylation is 2. The smallest absolute Gasteiger partial charge is 0.266 e. The van der Waals surface area contributed by atoms with Gasteiger partial charge >= 0.3 is 0 Å². The molecule has 1 saturated heterocycles. The van der Waals surface area contributed by atoms with Crippen LogP contribution in [0.25, 0.3) is 5.82 Å². The molecular formula is C21H26N8O2. The van der Waals surface area contributed by atoms with Crippen molar-refractivity contribution >= 4 is 11.7 Å². The van der Waals surface area contributed by atoms with E-state index in [-0.39, 0.29) is 17.4 Å². The zero-order chi connectivity index (χ0) is 21.6. The van der Waals surface area contributed by atoms with Crippen LogP contribution in [0.5, 0.6) is 0 Å². The molecule has 0 saturated carbocycles. The molecule has 3 aromatic heterocycles. The predicted molar refractivity (Wildman–Crippen MR) is 115 cm³/mol. The number of hydrogen-bond donors (Lipinski definition) is 1. The summed E-state index contributed by atoms with van der Waals surface area (Å²) in [6.07, 6.45) is 8.99. The van der Waals surface area contributed by atoms with E-state index in [1.165, 1.54) is 10.7 Å². The molecule has 4 heterocycles. The van der Waals surface area contributed by atoms with Crippen molar-refractivity contribution in [3.8, 4) is 5.82 Å². The van der Waals surface area contributed by atoms with E-state index in [2.05, 4.69) is 30.3 Å². The van der Waals surface area contributed by atoms with Crippen LogP contribution in [0.2, 0.25) is 0 Å². The lowest BCUT2D eigenvalue weighted by Gasteiger charge is -2.32. The van der Waals surface area contributed by atoms with Crippen molar-refractivity contribution in [1.82, 2.24) is 34.6 Å². The van der Waals surface area contributed by atoms with Crippen LogP contribution in [-0.4, -0.2) is 54.8 Å². The van der Waals surface area contributed by atoms with Gasteiger partial charge in [-0.1, -0.05) is 0 Å². The van der Waals surface area contributed by atoms with Crippen LogP contribution < -0.4 is 15.8 Å². The van der Waals surface area contributed by atoms with E-state index >= 15 is 0 Å². The molecule has 1 aliphatic rings.